The Bertz CT molecular complexity index is 611. The molecule has 0 aliphatic carbocycles. The third-order valence-corrected chi connectivity index (χ3v) is 3.77. The molecule has 112 valence electrons. The fraction of sp³-hybridized carbons (Fsp3) is 0.294. The van der Waals surface area contributed by atoms with Gasteiger partial charge < -0.3 is 14.6 Å². The second-order valence-corrected chi connectivity index (χ2v) is 5.57. The van der Waals surface area contributed by atoms with E-state index in [-0.39, 0.29) is 6.61 Å². The van der Waals surface area contributed by atoms with E-state index < -0.39 is 0 Å². The van der Waals surface area contributed by atoms with Crippen LogP contribution in [0.2, 0.25) is 0 Å². The normalized spacial score (nSPS) is 10.5. The minimum absolute atomic E-state index is 0.0310. The lowest BCUT2D eigenvalue weighted by Gasteiger charge is -2.15. The predicted octanol–water partition coefficient (Wildman–Crippen LogP) is 4.23. The van der Waals surface area contributed by atoms with Gasteiger partial charge in [-0.05, 0) is 58.6 Å². The van der Waals surface area contributed by atoms with Crippen molar-refractivity contribution >= 4 is 15.9 Å². The average Bonchev–Trinajstić information content (AvgIpc) is 2.48. The first-order valence-electron chi connectivity index (χ1n) is 6.89. The molecule has 0 aliphatic rings. The highest BCUT2D eigenvalue weighted by molar-refractivity contribution is 9.10. The average molecular weight is 351 g/mol. The molecule has 2 aromatic carbocycles. The summed E-state index contributed by atoms with van der Waals surface area (Å²) in [6, 6.07) is 11.8. The zero-order valence-corrected chi connectivity index (χ0v) is 13.8. The van der Waals surface area contributed by atoms with Crippen LogP contribution in [0.25, 0.3) is 0 Å². The molecule has 0 saturated carbocycles. The van der Waals surface area contributed by atoms with E-state index in [9.17, 15) is 5.11 Å². The second-order valence-electron chi connectivity index (χ2n) is 4.71. The quantitative estimate of drug-likeness (QED) is 0.847. The summed E-state index contributed by atoms with van der Waals surface area (Å²) in [5.41, 5.74) is 3.12. The molecule has 2 aromatic rings. The molecule has 1 N–H and O–H groups in total. The minimum atomic E-state index is -0.0310. The lowest BCUT2D eigenvalue weighted by Crippen LogP contribution is -2.02. The monoisotopic (exact) mass is 350 g/mol. The number of aliphatic hydroxyl groups excluding tert-OH is 1. The largest absolute Gasteiger partial charge is 0.490 e. The SMILES string of the molecule is CCOc1cc(CO)cc(Br)c1OCc1ccccc1C. The number of benzene rings is 2. The zero-order chi connectivity index (χ0) is 15.2. The van der Waals surface area contributed by atoms with Crippen LogP contribution in [0, 0.1) is 6.92 Å². The van der Waals surface area contributed by atoms with Crippen molar-refractivity contribution in [3.8, 4) is 11.5 Å². The number of hydrogen-bond acceptors (Lipinski definition) is 3. The van der Waals surface area contributed by atoms with Gasteiger partial charge in [-0.2, -0.15) is 0 Å². The van der Waals surface area contributed by atoms with Crippen molar-refractivity contribution in [1.29, 1.82) is 0 Å². The highest BCUT2D eigenvalue weighted by Gasteiger charge is 2.12. The summed E-state index contributed by atoms with van der Waals surface area (Å²) in [6.45, 7) is 4.97. The van der Waals surface area contributed by atoms with Gasteiger partial charge in [0, 0.05) is 0 Å². The molecule has 0 aliphatic heterocycles. The first kappa shape index (κ1) is 15.9. The number of aliphatic hydroxyl groups is 1. The lowest BCUT2D eigenvalue weighted by atomic mass is 10.1. The van der Waals surface area contributed by atoms with E-state index >= 15 is 0 Å². The summed E-state index contributed by atoms with van der Waals surface area (Å²) in [5, 5.41) is 9.27. The van der Waals surface area contributed by atoms with Gasteiger partial charge in [0.2, 0.25) is 0 Å². The molecule has 0 atom stereocenters. The fourth-order valence-corrected chi connectivity index (χ4v) is 2.64. The highest BCUT2D eigenvalue weighted by atomic mass is 79.9. The molecule has 0 unspecified atom stereocenters. The van der Waals surface area contributed by atoms with Crippen molar-refractivity contribution in [2.75, 3.05) is 6.61 Å². The van der Waals surface area contributed by atoms with Crippen LogP contribution in [-0.2, 0) is 13.2 Å². The van der Waals surface area contributed by atoms with Gasteiger partial charge in [0.05, 0.1) is 17.7 Å². The molecule has 0 heterocycles. The summed E-state index contributed by atoms with van der Waals surface area (Å²) in [7, 11) is 0. The highest BCUT2D eigenvalue weighted by Crippen LogP contribution is 2.37. The van der Waals surface area contributed by atoms with Crippen molar-refractivity contribution in [3.05, 3.63) is 57.6 Å². The number of hydrogen-bond donors (Lipinski definition) is 1. The molecule has 0 amide bonds. The van der Waals surface area contributed by atoms with Crippen molar-refractivity contribution < 1.29 is 14.6 Å². The Morgan fingerprint density at radius 2 is 1.90 bits per heavy atom. The van der Waals surface area contributed by atoms with Crippen LogP contribution < -0.4 is 9.47 Å². The summed E-state index contributed by atoms with van der Waals surface area (Å²) in [5.74, 6) is 1.31. The second kappa shape index (κ2) is 7.48. The summed E-state index contributed by atoms with van der Waals surface area (Å²) < 4.78 is 12.3. The van der Waals surface area contributed by atoms with Gasteiger partial charge in [0.25, 0.3) is 0 Å². The third-order valence-electron chi connectivity index (χ3n) is 3.18. The van der Waals surface area contributed by atoms with E-state index in [1.165, 1.54) is 5.56 Å². The number of aryl methyl sites for hydroxylation is 1. The topological polar surface area (TPSA) is 38.7 Å². The summed E-state index contributed by atoms with van der Waals surface area (Å²) >= 11 is 3.48. The van der Waals surface area contributed by atoms with Crippen LogP contribution >= 0.6 is 15.9 Å². The Kier molecular flexibility index (Phi) is 5.65. The van der Waals surface area contributed by atoms with Gasteiger partial charge in [-0.1, -0.05) is 24.3 Å². The fourth-order valence-electron chi connectivity index (χ4n) is 2.04. The standard InChI is InChI=1S/C17H19BrO3/c1-3-20-16-9-13(10-19)8-15(18)17(16)21-11-14-7-5-4-6-12(14)2/h4-9,19H,3,10-11H2,1-2H3. The number of ether oxygens (including phenoxy) is 2. The van der Waals surface area contributed by atoms with E-state index in [0.29, 0.717) is 24.7 Å². The molecule has 0 fully saturated rings. The molecular weight excluding hydrogens is 332 g/mol. The molecular formula is C17H19BrO3. The van der Waals surface area contributed by atoms with Crippen LogP contribution in [0.4, 0.5) is 0 Å². The lowest BCUT2D eigenvalue weighted by molar-refractivity contribution is 0.262. The van der Waals surface area contributed by atoms with E-state index in [0.717, 1.165) is 15.6 Å². The van der Waals surface area contributed by atoms with Crippen molar-refractivity contribution in [3.63, 3.8) is 0 Å². The van der Waals surface area contributed by atoms with Gasteiger partial charge >= 0.3 is 0 Å². The Balaban J connectivity index is 2.24. The molecule has 2 rings (SSSR count). The van der Waals surface area contributed by atoms with Crippen LogP contribution in [-0.4, -0.2) is 11.7 Å². The molecule has 0 bridgehead atoms. The number of rotatable bonds is 6. The Morgan fingerprint density at radius 1 is 1.14 bits per heavy atom. The van der Waals surface area contributed by atoms with Crippen molar-refractivity contribution in [2.24, 2.45) is 0 Å². The van der Waals surface area contributed by atoms with Gasteiger partial charge in [0.1, 0.15) is 6.61 Å². The molecule has 4 heteroatoms. The van der Waals surface area contributed by atoms with Crippen LogP contribution in [0.15, 0.2) is 40.9 Å². The first-order chi connectivity index (χ1) is 10.2. The maximum atomic E-state index is 9.27. The van der Waals surface area contributed by atoms with Crippen LogP contribution in [0.1, 0.15) is 23.6 Å². The van der Waals surface area contributed by atoms with E-state index in [2.05, 4.69) is 28.9 Å². The molecule has 0 spiro atoms. The molecule has 0 radical (unpaired) electrons. The molecule has 0 saturated heterocycles. The van der Waals surface area contributed by atoms with Crippen LogP contribution in [0.3, 0.4) is 0 Å². The van der Waals surface area contributed by atoms with Gasteiger partial charge in [0.15, 0.2) is 11.5 Å². The Hall–Kier alpha value is -1.52. The predicted molar refractivity (Wildman–Crippen MR) is 86.7 cm³/mol. The van der Waals surface area contributed by atoms with Crippen LogP contribution in [0.5, 0.6) is 11.5 Å². The van der Waals surface area contributed by atoms with Crippen molar-refractivity contribution in [2.45, 2.75) is 27.1 Å². The minimum Gasteiger partial charge on any atom is -0.490 e. The first-order valence-corrected chi connectivity index (χ1v) is 7.68. The maximum Gasteiger partial charge on any atom is 0.175 e. The Morgan fingerprint density at radius 3 is 2.57 bits per heavy atom. The molecule has 3 nitrogen and oxygen atoms in total. The van der Waals surface area contributed by atoms with Gasteiger partial charge in [-0.15, -0.1) is 0 Å². The number of halogens is 1. The summed E-state index contributed by atoms with van der Waals surface area (Å²) in [4.78, 5) is 0. The smallest absolute Gasteiger partial charge is 0.175 e. The van der Waals surface area contributed by atoms with E-state index in [1.807, 2.05) is 31.2 Å². The molecule has 0 aromatic heterocycles. The maximum absolute atomic E-state index is 9.27. The van der Waals surface area contributed by atoms with Crippen molar-refractivity contribution in [1.82, 2.24) is 0 Å². The zero-order valence-electron chi connectivity index (χ0n) is 12.2. The van der Waals surface area contributed by atoms with Gasteiger partial charge in [-0.25, -0.2) is 0 Å². The van der Waals surface area contributed by atoms with E-state index in [4.69, 9.17) is 9.47 Å². The molecule has 21 heavy (non-hydrogen) atoms. The van der Waals surface area contributed by atoms with Gasteiger partial charge in [-0.3, -0.25) is 0 Å². The Labute approximate surface area is 133 Å². The summed E-state index contributed by atoms with van der Waals surface area (Å²) in [6.07, 6.45) is 0. The third kappa shape index (κ3) is 3.99. The van der Waals surface area contributed by atoms with E-state index in [1.54, 1.807) is 6.07 Å².